The van der Waals surface area contributed by atoms with Crippen LogP contribution in [0.3, 0.4) is 0 Å². The third-order valence-electron chi connectivity index (χ3n) is 2.79. The number of nitrogens with zero attached hydrogens (tertiary/aromatic N) is 1. The van der Waals surface area contributed by atoms with E-state index >= 15 is 0 Å². The van der Waals surface area contributed by atoms with Gasteiger partial charge in [0.1, 0.15) is 5.76 Å². The highest BCUT2D eigenvalue weighted by Gasteiger charge is 2.21. The summed E-state index contributed by atoms with van der Waals surface area (Å²) in [4.78, 5) is 0. The zero-order valence-electron chi connectivity index (χ0n) is 8.26. The minimum Gasteiger partial charge on any atom is -0.361 e. The van der Waals surface area contributed by atoms with E-state index in [4.69, 9.17) is 4.52 Å². The fraction of sp³-hybridized carbons (Fsp3) is 0.700. The molecular weight excluding hydrogens is 164 g/mol. The highest BCUT2D eigenvalue weighted by molar-refractivity contribution is 5.26. The average Bonchev–Trinajstić information content (AvgIpc) is 2.48. The lowest BCUT2D eigenvalue weighted by Gasteiger charge is -2.22. The topological polar surface area (TPSA) is 38.1 Å². The van der Waals surface area contributed by atoms with Crippen LogP contribution in [-0.4, -0.2) is 18.2 Å². The normalized spacial score (nSPS) is 23.4. The maximum absolute atomic E-state index is 5.17. The first-order valence-corrected chi connectivity index (χ1v) is 4.92. The number of hydrogen-bond acceptors (Lipinski definition) is 3. The van der Waals surface area contributed by atoms with Crippen LogP contribution in [0.1, 0.15) is 35.8 Å². The molecule has 1 fully saturated rings. The molecule has 72 valence electrons. The molecule has 0 bridgehead atoms. The van der Waals surface area contributed by atoms with Crippen molar-refractivity contribution in [3.8, 4) is 0 Å². The van der Waals surface area contributed by atoms with E-state index in [-0.39, 0.29) is 0 Å². The summed E-state index contributed by atoms with van der Waals surface area (Å²) >= 11 is 0. The van der Waals surface area contributed by atoms with Crippen molar-refractivity contribution in [3.63, 3.8) is 0 Å². The molecule has 13 heavy (non-hydrogen) atoms. The van der Waals surface area contributed by atoms with Crippen LogP contribution in [0.25, 0.3) is 0 Å². The highest BCUT2D eigenvalue weighted by Crippen LogP contribution is 2.28. The summed E-state index contributed by atoms with van der Waals surface area (Å²) in [5.74, 6) is 1.60. The van der Waals surface area contributed by atoms with E-state index in [0.717, 1.165) is 24.5 Å². The molecular formula is C10H16N2O. The summed E-state index contributed by atoms with van der Waals surface area (Å²) in [5, 5.41) is 7.40. The molecule has 1 unspecified atom stereocenters. The Morgan fingerprint density at radius 3 is 2.85 bits per heavy atom. The summed E-state index contributed by atoms with van der Waals surface area (Å²) in [7, 11) is 0. The third kappa shape index (κ3) is 1.61. The van der Waals surface area contributed by atoms with E-state index in [2.05, 4.69) is 10.5 Å². The molecule has 0 saturated carbocycles. The predicted molar refractivity (Wildman–Crippen MR) is 50.8 cm³/mol. The standard InChI is InChI=1S/C10H16N2O/c1-7-10(8(2)13-12-7)9-4-3-5-11-6-9/h9,11H,3-6H2,1-2H3. The van der Waals surface area contributed by atoms with Crippen molar-refractivity contribution in [3.05, 3.63) is 17.0 Å². The fourth-order valence-corrected chi connectivity index (χ4v) is 2.17. The Morgan fingerprint density at radius 2 is 2.31 bits per heavy atom. The largest absolute Gasteiger partial charge is 0.361 e. The molecule has 2 heterocycles. The van der Waals surface area contributed by atoms with Crippen LogP contribution >= 0.6 is 0 Å². The maximum Gasteiger partial charge on any atom is 0.137 e. The van der Waals surface area contributed by atoms with E-state index in [9.17, 15) is 0 Å². The van der Waals surface area contributed by atoms with Gasteiger partial charge in [-0.15, -0.1) is 0 Å². The molecule has 1 aliphatic heterocycles. The lowest BCUT2D eigenvalue weighted by molar-refractivity contribution is 0.388. The summed E-state index contributed by atoms with van der Waals surface area (Å²) < 4.78 is 5.17. The summed E-state index contributed by atoms with van der Waals surface area (Å²) in [6, 6.07) is 0. The monoisotopic (exact) mass is 180 g/mol. The predicted octanol–water partition coefficient (Wildman–Crippen LogP) is 1.76. The SMILES string of the molecule is Cc1noc(C)c1C1CCCNC1. The van der Waals surface area contributed by atoms with Crippen molar-refractivity contribution in [1.29, 1.82) is 0 Å². The van der Waals surface area contributed by atoms with Crippen LogP contribution in [0.2, 0.25) is 0 Å². The lowest BCUT2D eigenvalue weighted by atomic mass is 9.90. The molecule has 1 aromatic heterocycles. The van der Waals surface area contributed by atoms with Crippen LogP contribution in [0.4, 0.5) is 0 Å². The van der Waals surface area contributed by atoms with Crippen molar-refractivity contribution >= 4 is 0 Å². The first-order valence-electron chi connectivity index (χ1n) is 4.92. The Bertz CT molecular complexity index is 268. The molecule has 1 N–H and O–H groups in total. The summed E-state index contributed by atoms with van der Waals surface area (Å²) in [6.07, 6.45) is 2.52. The van der Waals surface area contributed by atoms with Crippen molar-refractivity contribution in [1.82, 2.24) is 10.5 Å². The second-order valence-electron chi connectivity index (χ2n) is 3.78. The smallest absolute Gasteiger partial charge is 0.137 e. The van der Waals surface area contributed by atoms with E-state index in [1.54, 1.807) is 0 Å². The van der Waals surface area contributed by atoms with Gasteiger partial charge in [0.2, 0.25) is 0 Å². The van der Waals surface area contributed by atoms with Gasteiger partial charge >= 0.3 is 0 Å². The Balaban J connectivity index is 2.22. The Morgan fingerprint density at radius 1 is 1.46 bits per heavy atom. The minimum absolute atomic E-state index is 0.611. The van der Waals surface area contributed by atoms with Gasteiger partial charge in [0.15, 0.2) is 0 Å². The number of aromatic nitrogens is 1. The third-order valence-corrected chi connectivity index (χ3v) is 2.79. The van der Waals surface area contributed by atoms with E-state index in [1.165, 1.54) is 18.4 Å². The quantitative estimate of drug-likeness (QED) is 0.715. The molecule has 0 aromatic carbocycles. The van der Waals surface area contributed by atoms with Gasteiger partial charge in [-0.1, -0.05) is 5.16 Å². The van der Waals surface area contributed by atoms with Crippen molar-refractivity contribution in [2.45, 2.75) is 32.6 Å². The van der Waals surface area contributed by atoms with Gasteiger partial charge in [-0.2, -0.15) is 0 Å². The number of hydrogen-bond donors (Lipinski definition) is 1. The van der Waals surface area contributed by atoms with Gasteiger partial charge in [0, 0.05) is 18.0 Å². The zero-order chi connectivity index (χ0) is 9.26. The second-order valence-corrected chi connectivity index (χ2v) is 3.78. The zero-order valence-corrected chi connectivity index (χ0v) is 8.26. The molecule has 0 spiro atoms. The molecule has 1 saturated heterocycles. The number of nitrogens with one attached hydrogen (secondary N) is 1. The Labute approximate surface area is 78.5 Å². The first-order chi connectivity index (χ1) is 6.29. The van der Waals surface area contributed by atoms with E-state index in [0.29, 0.717) is 5.92 Å². The van der Waals surface area contributed by atoms with E-state index < -0.39 is 0 Å². The van der Waals surface area contributed by atoms with Gasteiger partial charge in [-0.3, -0.25) is 0 Å². The first kappa shape index (κ1) is 8.75. The van der Waals surface area contributed by atoms with Crippen molar-refractivity contribution in [2.75, 3.05) is 13.1 Å². The van der Waals surface area contributed by atoms with Crippen molar-refractivity contribution in [2.24, 2.45) is 0 Å². The Hall–Kier alpha value is -0.830. The number of aryl methyl sites for hydroxylation is 2. The molecule has 1 aromatic rings. The lowest BCUT2D eigenvalue weighted by Crippen LogP contribution is -2.28. The van der Waals surface area contributed by atoms with Crippen LogP contribution in [0.5, 0.6) is 0 Å². The molecule has 0 aliphatic carbocycles. The fourth-order valence-electron chi connectivity index (χ4n) is 2.17. The molecule has 3 heteroatoms. The van der Waals surface area contributed by atoms with E-state index in [1.807, 2.05) is 13.8 Å². The number of rotatable bonds is 1. The van der Waals surface area contributed by atoms with Gasteiger partial charge < -0.3 is 9.84 Å². The van der Waals surface area contributed by atoms with Crippen LogP contribution in [-0.2, 0) is 0 Å². The van der Waals surface area contributed by atoms with Crippen molar-refractivity contribution < 1.29 is 4.52 Å². The van der Waals surface area contributed by atoms with Crippen LogP contribution < -0.4 is 5.32 Å². The molecule has 3 nitrogen and oxygen atoms in total. The average molecular weight is 180 g/mol. The molecule has 1 atom stereocenters. The van der Waals surface area contributed by atoms with Gasteiger partial charge in [-0.25, -0.2) is 0 Å². The second kappa shape index (κ2) is 3.50. The molecule has 0 amide bonds. The number of piperidine rings is 1. The maximum atomic E-state index is 5.17. The molecule has 1 aliphatic rings. The van der Waals surface area contributed by atoms with Gasteiger partial charge in [-0.05, 0) is 33.2 Å². The Kier molecular flexibility index (Phi) is 2.36. The molecule has 2 rings (SSSR count). The highest BCUT2D eigenvalue weighted by atomic mass is 16.5. The minimum atomic E-state index is 0.611. The van der Waals surface area contributed by atoms with Crippen LogP contribution in [0.15, 0.2) is 4.52 Å². The summed E-state index contributed by atoms with van der Waals surface area (Å²) in [5.41, 5.74) is 2.39. The molecule has 0 radical (unpaired) electrons. The van der Waals surface area contributed by atoms with Crippen LogP contribution in [0, 0.1) is 13.8 Å². The van der Waals surface area contributed by atoms with Gasteiger partial charge in [0.25, 0.3) is 0 Å². The summed E-state index contributed by atoms with van der Waals surface area (Å²) in [6.45, 7) is 6.26. The van der Waals surface area contributed by atoms with Gasteiger partial charge in [0.05, 0.1) is 5.69 Å².